The molecule has 178 valence electrons. The van der Waals surface area contributed by atoms with Crippen molar-refractivity contribution in [3.8, 4) is 22.5 Å². The molecule has 0 bridgehead atoms. The Bertz CT molecular complexity index is 1530. The van der Waals surface area contributed by atoms with Crippen molar-refractivity contribution in [2.75, 3.05) is 5.32 Å². The maximum Gasteiger partial charge on any atom is 0.183 e. The van der Waals surface area contributed by atoms with Gasteiger partial charge in [-0.15, -0.1) is 5.10 Å². The molecule has 0 saturated carbocycles. The Kier molecular flexibility index (Phi) is 6.57. The Balaban J connectivity index is 1.55. The van der Waals surface area contributed by atoms with Crippen LogP contribution in [-0.2, 0) is 22.6 Å². The number of fused-ring (bicyclic) bond motifs is 1. The first-order chi connectivity index (χ1) is 17.6. The van der Waals surface area contributed by atoms with Gasteiger partial charge in [-0.2, -0.15) is 0 Å². The minimum absolute atomic E-state index is 0.0834. The minimum atomic E-state index is -0.150. The van der Waals surface area contributed by atoms with Gasteiger partial charge >= 0.3 is 0 Å². The fraction of sp³-hybridized carbons (Fsp3) is 0.143. The van der Waals surface area contributed by atoms with Crippen LogP contribution in [0.1, 0.15) is 24.6 Å². The van der Waals surface area contributed by atoms with Crippen LogP contribution in [0, 0.1) is 0 Å². The predicted octanol–water partition coefficient (Wildman–Crippen LogP) is 4.56. The van der Waals surface area contributed by atoms with Crippen molar-refractivity contribution in [3.63, 3.8) is 0 Å². The highest BCUT2D eigenvalue weighted by atomic mass is 16.1. The van der Waals surface area contributed by atoms with Crippen LogP contribution in [0.5, 0.6) is 0 Å². The van der Waals surface area contributed by atoms with Crippen LogP contribution >= 0.6 is 0 Å². The van der Waals surface area contributed by atoms with E-state index in [0.717, 1.165) is 22.3 Å². The van der Waals surface area contributed by atoms with E-state index in [1.807, 2.05) is 54.7 Å². The third-order valence-corrected chi connectivity index (χ3v) is 5.66. The molecule has 0 unspecified atom stereocenters. The fourth-order valence-corrected chi connectivity index (χ4v) is 4.07. The molecule has 1 aromatic carbocycles. The maximum atomic E-state index is 12.2. The largest absolute Gasteiger partial charge is 0.363 e. The van der Waals surface area contributed by atoms with Crippen molar-refractivity contribution in [2.45, 2.75) is 26.3 Å². The number of hydrogen-bond acceptors (Lipinski definition) is 7. The average molecular weight is 477 g/mol. The van der Waals surface area contributed by atoms with E-state index in [-0.39, 0.29) is 24.4 Å². The van der Waals surface area contributed by atoms with Gasteiger partial charge in [-0.1, -0.05) is 36.4 Å². The summed E-state index contributed by atoms with van der Waals surface area (Å²) in [5, 5.41) is 8.18. The van der Waals surface area contributed by atoms with Crippen LogP contribution < -0.4 is 5.32 Å². The molecule has 8 heteroatoms. The lowest BCUT2D eigenvalue weighted by atomic mass is 10.1. The first-order valence-electron chi connectivity index (χ1n) is 11.6. The van der Waals surface area contributed by atoms with Gasteiger partial charge in [0, 0.05) is 42.3 Å². The number of pyridine rings is 2. The van der Waals surface area contributed by atoms with Gasteiger partial charge in [-0.25, -0.2) is 9.50 Å². The molecule has 0 spiro atoms. The topological polar surface area (TPSA) is 102 Å². The number of aromatic nitrogens is 5. The zero-order valence-corrected chi connectivity index (χ0v) is 19.8. The van der Waals surface area contributed by atoms with Gasteiger partial charge in [0.1, 0.15) is 17.1 Å². The van der Waals surface area contributed by atoms with Crippen LogP contribution in [0.25, 0.3) is 28.0 Å². The monoisotopic (exact) mass is 476 g/mol. The van der Waals surface area contributed by atoms with Crippen LogP contribution in [0.3, 0.4) is 0 Å². The molecule has 0 aliphatic heterocycles. The quantitative estimate of drug-likeness (QED) is 0.311. The molecule has 0 aliphatic rings. The van der Waals surface area contributed by atoms with Crippen molar-refractivity contribution < 1.29 is 9.59 Å². The smallest absolute Gasteiger partial charge is 0.183 e. The molecule has 0 fully saturated rings. The molecule has 5 rings (SSSR count). The minimum Gasteiger partial charge on any atom is -0.363 e. The summed E-state index contributed by atoms with van der Waals surface area (Å²) < 4.78 is 1.80. The molecule has 0 radical (unpaired) electrons. The average Bonchev–Trinajstić information content (AvgIpc) is 3.32. The third kappa shape index (κ3) is 5.17. The van der Waals surface area contributed by atoms with Gasteiger partial charge < -0.3 is 5.32 Å². The number of rotatable bonds is 9. The van der Waals surface area contributed by atoms with Crippen molar-refractivity contribution in [2.24, 2.45) is 0 Å². The second-order valence-electron chi connectivity index (χ2n) is 8.52. The zero-order valence-electron chi connectivity index (χ0n) is 19.8. The predicted molar refractivity (Wildman–Crippen MR) is 137 cm³/mol. The first kappa shape index (κ1) is 23.0. The van der Waals surface area contributed by atoms with Crippen molar-refractivity contribution in [3.05, 3.63) is 96.7 Å². The van der Waals surface area contributed by atoms with Gasteiger partial charge in [-0.3, -0.25) is 19.6 Å². The summed E-state index contributed by atoms with van der Waals surface area (Å²) in [6.07, 6.45) is 7.01. The number of anilines is 1. The number of ketones is 2. The summed E-state index contributed by atoms with van der Waals surface area (Å²) in [6, 6.07) is 19.7. The summed E-state index contributed by atoms with van der Waals surface area (Å²) in [5.74, 6) is 0.832. The number of carbonyl (C=O) groups excluding carboxylic acids is 2. The second-order valence-corrected chi connectivity index (χ2v) is 8.52. The van der Waals surface area contributed by atoms with E-state index < -0.39 is 0 Å². The molecule has 0 atom stereocenters. The Morgan fingerprint density at radius 1 is 0.972 bits per heavy atom. The molecule has 0 amide bonds. The standard InChI is InChI=1S/C28H24N6O2/c1-19(35)13-24(36)15-20-14-22(17-29-16-20)27-32-28(31-18-23-9-5-6-11-30-23)26-25(10-12-34(26)33-27)21-7-3-2-4-8-21/h2-12,14,16-17H,13,15,18H2,1H3,(H,31,32,33). The van der Waals surface area contributed by atoms with Gasteiger partial charge in [0.15, 0.2) is 11.6 Å². The first-order valence-corrected chi connectivity index (χ1v) is 11.6. The summed E-state index contributed by atoms with van der Waals surface area (Å²) in [6.45, 7) is 1.90. The number of benzene rings is 1. The number of hydrogen-bond donors (Lipinski definition) is 1. The number of nitrogens with zero attached hydrogens (tertiary/aromatic N) is 5. The molecule has 36 heavy (non-hydrogen) atoms. The summed E-state index contributed by atoms with van der Waals surface area (Å²) in [5.41, 5.74) is 5.19. The highest BCUT2D eigenvalue weighted by Crippen LogP contribution is 2.31. The van der Waals surface area contributed by atoms with Gasteiger partial charge in [-0.05, 0) is 42.3 Å². The fourth-order valence-electron chi connectivity index (χ4n) is 4.07. The van der Waals surface area contributed by atoms with Gasteiger partial charge in [0.2, 0.25) is 0 Å². The SMILES string of the molecule is CC(=O)CC(=O)Cc1cncc(-c2nc(NCc3ccccn3)c3c(-c4ccccc4)ccn3n2)c1. The molecular formula is C28H24N6O2. The van der Waals surface area contributed by atoms with E-state index in [9.17, 15) is 9.59 Å². The second kappa shape index (κ2) is 10.3. The Morgan fingerprint density at radius 2 is 1.81 bits per heavy atom. The van der Waals surface area contributed by atoms with E-state index in [1.165, 1.54) is 6.92 Å². The van der Waals surface area contributed by atoms with Gasteiger partial charge in [0.25, 0.3) is 0 Å². The Labute approximate surface area is 208 Å². The number of nitrogens with one attached hydrogen (secondary N) is 1. The van der Waals surface area contributed by atoms with E-state index >= 15 is 0 Å². The highest BCUT2D eigenvalue weighted by molar-refractivity contribution is 5.98. The molecule has 8 nitrogen and oxygen atoms in total. The lowest BCUT2D eigenvalue weighted by Gasteiger charge is -2.12. The Hall–Kier alpha value is -4.72. The maximum absolute atomic E-state index is 12.2. The van der Waals surface area contributed by atoms with Crippen LogP contribution in [0.4, 0.5) is 5.82 Å². The molecule has 4 aromatic heterocycles. The van der Waals surface area contributed by atoms with Crippen molar-refractivity contribution in [1.29, 1.82) is 0 Å². The van der Waals surface area contributed by atoms with Crippen molar-refractivity contribution >= 4 is 22.9 Å². The van der Waals surface area contributed by atoms with E-state index in [2.05, 4.69) is 27.4 Å². The summed E-state index contributed by atoms with van der Waals surface area (Å²) >= 11 is 0. The molecule has 4 heterocycles. The third-order valence-electron chi connectivity index (χ3n) is 5.66. The molecule has 1 N–H and O–H groups in total. The number of carbonyl (C=O) groups is 2. The molecule has 0 saturated heterocycles. The van der Waals surface area contributed by atoms with Gasteiger partial charge in [0.05, 0.1) is 18.7 Å². The van der Waals surface area contributed by atoms with Crippen LogP contribution in [0.15, 0.2) is 85.5 Å². The van der Waals surface area contributed by atoms with Crippen LogP contribution in [-0.4, -0.2) is 36.1 Å². The highest BCUT2D eigenvalue weighted by Gasteiger charge is 2.16. The molecule has 5 aromatic rings. The summed E-state index contributed by atoms with van der Waals surface area (Å²) in [7, 11) is 0. The summed E-state index contributed by atoms with van der Waals surface area (Å²) in [4.78, 5) is 37.0. The normalized spacial score (nSPS) is 10.9. The zero-order chi connectivity index (χ0) is 24.9. The van der Waals surface area contributed by atoms with E-state index in [4.69, 9.17) is 10.1 Å². The Morgan fingerprint density at radius 3 is 2.58 bits per heavy atom. The number of Topliss-reactive ketones (excluding diaryl/α,β-unsaturated/α-hetero) is 2. The molecular weight excluding hydrogens is 452 g/mol. The lowest BCUT2D eigenvalue weighted by molar-refractivity contribution is -0.125. The van der Waals surface area contributed by atoms with Crippen molar-refractivity contribution in [1.82, 2.24) is 24.6 Å². The van der Waals surface area contributed by atoms with Crippen LogP contribution in [0.2, 0.25) is 0 Å². The van der Waals surface area contributed by atoms with E-state index in [1.54, 1.807) is 23.1 Å². The lowest BCUT2D eigenvalue weighted by Crippen LogP contribution is -2.09. The van der Waals surface area contributed by atoms with E-state index in [0.29, 0.717) is 29.3 Å². The molecule has 0 aliphatic carbocycles.